The van der Waals surface area contributed by atoms with E-state index in [-0.39, 0.29) is 5.12 Å². The largest absolute Gasteiger partial charge is 0.380 e. The van der Waals surface area contributed by atoms with Gasteiger partial charge in [-0.25, -0.2) is 0 Å². The molecule has 0 heterocycles. The Hall–Kier alpha value is -0.0200. The highest BCUT2D eigenvalue weighted by Gasteiger charge is 2.24. The fourth-order valence-corrected chi connectivity index (χ4v) is 0.598. The minimum atomic E-state index is -0.446. The number of carbonyl (C=O) groups excluding carboxylic acids is 1. The third kappa shape index (κ3) is 4.43. The molecule has 0 saturated heterocycles. The van der Waals surface area contributed by atoms with Gasteiger partial charge < -0.3 is 4.74 Å². The van der Waals surface area contributed by atoms with Crippen molar-refractivity contribution in [1.82, 2.24) is 0 Å². The van der Waals surface area contributed by atoms with Crippen LogP contribution >= 0.6 is 12.6 Å². The van der Waals surface area contributed by atoms with Crippen molar-refractivity contribution in [2.75, 3.05) is 13.2 Å². The Bertz CT molecular complexity index is 132. The molecule has 0 fully saturated rings. The van der Waals surface area contributed by atoms with E-state index in [1.807, 2.05) is 20.8 Å². The number of ether oxygens (including phenoxy) is 1. The van der Waals surface area contributed by atoms with Gasteiger partial charge in [0.15, 0.2) is 5.12 Å². The number of hydrogen-bond donors (Lipinski definition) is 1. The van der Waals surface area contributed by atoms with Gasteiger partial charge in [-0.3, -0.25) is 4.79 Å². The third-order valence-corrected chi connectivity index (χ3v) is 2.00. The molecule has 2 nitrogen and oxygen atoms in total. The zero-order chi connectivity index (χ0) is 8.91. The number of thiol groups is 1. The van der Waals surface area contributed by atoms with Crippen LogP contribution in [0.4, 0.5) is 0 Å². The van der Waals surface area contributed by atoms with Crippen LogP contribution in [0.5, 0.6) is 0 Å². The van der Waals surface area contributed by atoms with Crippen molar-refractivity contribution < 1.29 is 9.53 Å². The van der Waals surface area contributed by atoms with Crippen LogP contribution in [0.15, 0.2) is 0 Å². The first-order chi connectivity index (χ1) is 5.00. The fraction of sp³-hybridized carbons (Fsp3) is 0.875. The van der Waals surface area contributed by atoms with Gasteiger partial charge in [-0.15, -0.1) is 12.6 Å². The van der Waals surface area contributed by atoms with Crippen LogP contribution in [0.2, 0.25) is 0 Å². The predicted octanol–water partition coefficient (Wildman–Crippen LogP) is 1.90. The van der Waals surface area contributed by atoms with Gasteiger partial charge in [0.25, 0.3) is 0 Å². The summed E-state index contributed by atoms with van der Waals surface area (Å²) in [4.78, 5) is 10.8. The molecule has 11 heavy (non-hydrogen) atoms. The Balaban J connectivity index is 3.64. The maximum Gasteiger partial charge on any atom is 0.193 e. The highest BCUT2D eigenvalue weighted by Crippen LogP contribution is 2.18. The van der Waals surface area contributed by atoms with Gasteiger partial charge in [0.05, 0.1) is 12.0 Å². The molecule has 0 radical (unpaired) electrons. The van der Waals surface area contributed by atoms with Crippen LogP contribution in [0.25, 0.3) is 0 Å². The molecule has 0 aliphatic rings. The summed E-state index contributed by atoms with van der Waals surface area (Å²) < 4.78 is 5.24. The Morgan fingerprint density at radius 3 is 2.45 bits per heavy atom. The Morgan fingerprint density at radius 2 is 2.09 bits per heavy atom. The monoisotopic (exact) mass is 176 g/mol. The van der Waals surface area contributed by atoms with E-state index in [0.29, 0.717) is 13.2 Å². The first-order valence-corrected chi connectivity index (χ1v) is 4.26. The summed E-state index contributed by atoms with van der Waals surface area (Å²) in [6, 6.07) is 0. The topological polar surface area (TPSA) is 26.3 Å². The summed E-state index contributed by atoms with van der Waals surface area (Å²) in [5, 5.41) is -0.117. The van der Waals surface area contributed by atoms with E-state index in [9.17, 15) is 4.79 Å². The van der Waals surface area contributed by atoms with E-state index in [0.717, 1.165) is 6.42 Å². The van der Waals surface area contributed by atoms with Crippen molar-refractivity contribution in [3.63, 3.8) is 0 Å². The van der Waals surface area contributed by atoms with Gasteiger partial charge in [-0.1, -0.05) is 6.92 Å². The lowest BCUT2D eigenvalue weighted by molar-refractivity contribution is -0.120. The highest BCUT2D eigenvalue weighted by atomic mass is 32.1. The molecule has 0 bridgehead atoms. The third-order valence-electron chi connectivity index (χ3n) is 1.39. The minimum absolute atomic E-state index is 0.117. The Kier molecular flexibility index (Phi) is 4.77. The molecule has 0 atom stereocenters. The molecule has 0 aromatic carbocycles. The standard InChI is InChI=1S/C8H16O2S/c1-4-5-10-6-8(2,3)7(9)11/h4-6H2,1-3H3,(H,9,11). The van der Waals surface area contributed by atoms with Crippen molar-refractivity contribution in [1.29, 1.82) is 0 Å². The van der Waals surface area contributed by atoms with Gasteiger partial charge in [-0.2, -0.15) is 0 Å². The Labute approximate surface area is 73.7 Å². The average molecular weight is 176 g/mol. The Morgan fingerprint density at radius 1 is 1.55 bits per heavy atom. The zero-order valence-electron chi connectivity index (χ0n) is 7.39. The van der Waals surface area contributed by atoms with E-state index in [1.165, 1.54) is 0 Å². The lowest BCUT2D eigenvalue weighted by Gasteiger charge is -2.19. The van der Waals surface area contributed by atoms with Crippen molar-refractivity contribution >= 4 is 17.7 Å². The zero-order valence-corrected chi connectivity index (χ0v) is 8.28. The van der Waals surface area contributed by atoms with Crippen LogP contribution in [-0.4, -0.2) is 18.3 Å². The smallest absolute Gasteiger partial charge is 0.193 e. The molecular weight excluding hydrogens is 160 g/mol. The lowest BCUT2D eigenvalue weighted by atomic mass is 9.97. The summed E-state index contributed by atoms with van der Waals surface area (Å²) in [6.45, 7) is 6.87. The molecule has 0 N–H and O–H groups in total. The quantitative estimate of drug-likeness (QED) is 0.511. The molecule has 66 valence electrons. The van der Waals surface area contributed by atoms with E-state index in [4.69, 9.17) is 4.74 Å². The summed E-state index contributed by atoms with van der Waals surface area (Å²) in [5.41, 5.74) is -0.446. The fourth-order valence-electron chi connectivity index (χ4n) is 0.533. The minimum Gasteiger partial charge on any atom is -0.380 e. The van der Waals surface area contributed by atoms with Gasteiger partial charge in [-0.05, 0) is 20.3 Å². The molecule has 3 heteroatoms. The molecule has 0 aliphatic heterocycles. The van der Waals surface area contributed by atoms with E-state index in [1.54, 1.807) is 0 Å². The number of rotatable bonds is 5. The van der Waals surface area contributed by atoms with E-state index in [2.05, 4.69) is 12.6 Å². The van der Waals surface area contributed by atoms with Gasteiger partial charge in [0.2, 0.25) is 0 Å². The second-order valence-electron chi connectivity index (χ2n) is 3.24. The average Bonchev–Trinajstić information content (AvgIpc) is 1.88. The molecular formula is C8H16O2S. The van der Waals surface area contributed by atoms with Crippen molar-refractivity contribution in [2.24, 2.45) is 5.41 Å². The van der Waals surface area contributed by atoms with Crippen molar-refractivity contribution in [2.45, 2.75) is 27.2 Å². The summed E-state index contributed by atoms with van der Waals surface area (Å²) in [6.07, 6.45) is 0.983. The van der Waals surface area contributed by atoms with Crippen LogP contribution in [0.1, 0.15) is 27.2 Å². The second-order valence-corrected chi connectivity index (χ2v) is 3.65. The summed E-state index contributed by atoms with van der Waals surface area (Å²) >= 11 is 3.76. The molecule has 0 amide bonds. The van der Waals surface area contributed by atoms with E-state index >= 15 is 0 Å². The number of carbonyl (C=O) groups is 1. The molecule has 0 aromatic rings. The highest BCUT2D eigenvalue weighted by molar-refractivity contribution is 7.96. The molecule has 0 aromatic heterocycles. The van der Waals surface area contributed by atoms with E-state index < -0.39 is 5.41 Å². The summed E-state index contributed by atoms with van der Waals surface area (Å²) in [7, 11) is 0. The normalized spacial score (nSPS) is 11.6. The van der Waals surface area contributed by atoms with Crippen LogP contribution in [0, 0.1) is 5.41 Å². The maximum atomic E-state index is 10.8. The maximum absolute atomic E-state index is 10.8. The predicted molar refractivity (Wildman–Crippen MR) is 48.9 cm³/mol. The molecule has 0 aliphatic carbocycles. The van der Waals surface area contributed by atoms with Crippen LogP contribution in [-0.2, 0) is 9.53 Å². The molecule has 0 spiro atoms. The van der Waals surface area contributed by atoms with Crippen molar-refractivity contribution in [3.8, 4) is 0 Å². The lowest BCUT2D eigenvalue weighted by Crippen LogP contribution is -2.26. The van der Waals surface area contributed by atoms with Gasteiger partial charge in [0.1, 0.15) is 0 Å². The van der Waals surface area contributed by atoms with Crippen molar-refractivity contribution in [3.05, 3.63) is 0 Å². The molecule has 0 rings (SSSR count). The SMILES string of the molecule is CCCOCC(C)(C)C(=O)S. The molecule has 0 unspecified atom stereocenters. The second kappa shape index (κ2) is 4.78. The first-order valence-electron chi connectivity index (χ1n) is 3.82. The first kappa shape index (κ1) is 11.0. The summed E-state index contributed by atoms with van der Waals surface area (Å²) in [5.74, 6) is 0. The number of hydrogen-bond acceptors (Lipinski definition) is 2. The molecule has 0 saturated carbocycles. The van der Waals surface area contributed by atoms with Crippen LogP contribution < -0.4 is 0 Å². The van der Waals surface area contributed by atoms with Crippen LogP contribution in [0.3, 0.4) is 0 Å². The van der Waals surface area contributed by atoms with Gasteiger partial charge in [0, 0.05) is 6.61 Å². The van der Waals surface area contributed by atoms with Gasteiger partial charge >= 0.3 is 0 Å².